The monoisotopic (exact) mass is 960 g/mol. The first-order valence-corrected chi connectivity index (χ1v) is 24.1. The zero-order valence-electron chi connectivity index (χ0n) is 39.3. The molecular formula is C47H76O20. The number of aliphatic carboxylic acids is 1. The van der Waals surface area contributed by atoms with Gasteiger partial charge in [0, 0.05) is 5.41 Å². The number of carboxylic acid groups (broad SMARTS) is 1. The summed E-state index contributed by atoms with van der Waals surface area (Å²) < 4.78 is 36.0. The maximum Gasteiger partial charge on any atom is 0.310 e. The quantitative estimate of drug-likeness (QED) is 0.0854. The number of hydrogen-bond donors (Lipinski definition) is 13. The van der Waals surface area contributed by atoms with Gasteiger partial charge >= 0.3 is 5.97 Å². The van der Waals surface area contributed by atoms with Crippen LogP contribution in [0.1, 0.15) is 92.9 Å². The summed E-state index contributed by atoms with van der Waals surface area (Å²) in [4.78, 5) is 13.9. The van der Waals surface area contributed by atoms with Crippen molar-refractivity contribution in [1.29, 1.82) is 0 Å². The fourth-order valence-corrected chi connectivity index (χ4v) is 15.1. The van der Waals surface area contributed by atoms with Gasteiger partial charge in [0.05, 0.1) is 50.2 Å². The van der Waals surface area contributed by atoms with Crippen molar-refractivity contribution in [3.8, 4) is 0 Å². The van der Waals surface area contributed by atoms with E-state index in [0.717, 1.165) is 12.0 Å². The number of aliphatic hydroxyl groups excluding tert-OH is 12. The Morgan fingerprint density at radius 2 is 1.30 bits per heavy atom. The summed E-state index contributed by atoms with van der Waals surface area (Å²) in [6, 6.07) is 0. The van der Waals surface area contributed by atoms with Gasteiger partial charge < -0.3 is 94.8 Å². The van der Waals surface area contributed by atoms with E-state index in [9.17, 15) is 71.2 Å². The van der Waals surface area contributed by atoms with Crippen molar-refractivity contribution < 1.29 is 99.6 Å². The lowest BCUT2D eigenvalue weighted by Gasteiger charge is -2.72. The number of ether oxygens (including phenoxy) is 6. The van der Waals surface area contributed by atoms with Crippen molar-refractivity contribution in [2.45, 2.75) is 197 Å². The number of carbonyl (C=O) groups is 1. The Bertz CT molecular complexity index is 1830. The van der Waals surface area contributed by atoms with E-state index in [-0.39, 0.29) is 43.3 Å². The standard InChI is InChI=1S/C47H76O20/c1-42(2)13-21-20-7-8-27-43(3)14-22(51)37(67-38-34(58)29(53)23(52)18-62-38)44(4,19-50)26(43)9-10-46(27,6)45(20,5)11-12-47(21,41(60)61)15-28(42)65-40-36(33(57)31(55)25(17-49)64-40)66-39-35(59)32(56)30(54)24(16-48)63-39/h7,21-40,48-59H,8-19H2,1-6H3,(H,60,61)/t21-,22-,23-,24-,25+,26-,27+,28+,29-,30-,31-,32-,33+,34+,35-,36-,37-,38-,39+,40+,43+,44+,45-,46-,47+/m1/s1. The second-order valence-corrected chi connectivity index (χ2v) is 23.1. The molecule has 5 aliphatic carbocycles. The first-order valence-electron chi connectivity index (χ1n) is 24.1. The predicted molar refractivity (Wildman–Crippen MR) is 229 cm³/mol. The molecule has 3 saturated heterocycles. The number of rotatable bonds is 10. The molecule has 384 valence electrons. The highest BCUT2D eigenvalue weighted by atomic mass is 16.8. The molecule has 7 fully saturated rings. The van der Waals surface area contributed by atoms with E-state index in [1.54, 1.807) is 0 Å². The highest BCUT2D eigenvalue weighted by molar-refractivity contribution is 5.77. The van der Waals surface area contributed by atoms with Crippen LogP contribution in [0.5, 0.6) is 0 Å². The zero-order chi connectivity index (χ0) is 49.1. The maximum atomic E-state index is 13.9. The number of allylic oxidation sites excluding steroid dienone is 2. The average Bonchev–Trinajstić information content (AvgIpc) is 3.27. The first kappa shape index (κ1) is 51.8. The largest absolute Gasteiger partial charge is 0.481 e. The van der Waals surface area contributed by atoms with Gasteiger partial charge in [-0.15, -0.1) is 0 Å². The minimum Gasteiger partial charge on any atom is -0.481 e. The molecule has 0 amide bonds. The predicted octanol–water partition coefficient (Wildman–Crippen LogP) is -1.74. The number of aliphatic hydroxyl groups is 12. The third kappa shape index (κ3) is 7.90. The maximum absolute atomic E-state index is 13.9. The molecule has 25 atom stereocenters. The van der Waals surface area contributed by atoms with Gasteiger partial charge in [-0.25, -0.2) is 0 Å². The summed E-state index contributed by atoms with van der Waals surface area (Å²) in [6.07, 6.45) is -19.4. The van der Waals surface area contributed by atoms with Crippen molar-refractivity contribution in [3.05, 3.63) is 11.6 Å². The van der Waals surface area contributed by atoms with Crippen molar-refractivity contribution in [2.24, 2.45) is 50.2 Å². The van der Waals surface area contributed by atoms with Crippen LogP contribution < -0.4 is 0 Å². The van der Waals surface area contributed by atoms with Gasteiger partial charge in [-0.05, 0) is 90.8 Å². The topological polar surface area (TPSA) is 335 Å². The first-order chi connectivity index (χ1) is 31.3. The minimum atomic E-state index is -1.86. The SMILES string of the molecule is CC1(C)C[C@@H]2C3=CC[C@H]4[C@@]5(C)C[C@@H](O)[C@@H](O[C@H]6OC[C@@H](O)[C@@H](O)[C@@H]6O)[C@@](C)(CO)[C@@H]5CC[C@@]4(C)[C@]3(C)CC[C@]2(C(=O)O)C[C@@H]1O[C@@H]1O[C@@H](CO)[C@@H](O)[C@H](O)[C@H]1O[C@@H]1O[C@H](CO)[C@@H](O)[C@@H](O)[C@H]1O. The van der Waals surface area contributed by atoms with E-state index in [0.29, 0.717) is 32.1 Å². The van der Waals surface area contributed by atoms with Crippen molar-refractivity contribution >= 4 is 5.97 Å². The van der Waals surface area contributed by atoms with Crippen molar-refractivity contribution in [1.82, 2.24) is 0 Å². The van der Waals surface area contributed by atoms with Gasteiger partial charge in [0.25, 0.3) is 0 Å². The fourth-order valence-electron chi connectivity index (χ4n) is 15.1. The zero-order valence-corrected chi connectivity index (χ0v) is 39.3. The Morgan fingerprint density at radius 3 is 1.93 bits per heavy atom. The van der Waals surface area contributed by atoms with Crippen molar-refractivity contribution in [3.63, 3.8) is 0 Å². The van der Waals surface area contributed by atoms with Gasteiger partial charge in [-0.2, -0.15) is 0 Å². The van der Waals surface area contributed by atoms with Crippen LogP contribution in [0.15, 0.2) is 11.6 Å². The van der Waals surface area contributed by atoms with Crippen LogP contribution in [-0.2, 0) is 33.2 Å². The molecule has 8 rings (SSSR count). The highest BCUT2D eigenvalue weighted by Crippen LogP contribution is 2.76. The third-order valence-corrected chi connectivity index (χ3v) is 19.3. The van der Waals surface area contributed by atoms with Gasteiger partial charge in [0.1, 0.15) is 67.1 Å². The molecule has 0 unspecified atom stereocenters. The Labute approximate surface area is 390 Å². The fraction of sp³-hybridized carbons (Fsp3) is 0.936. The van der Waals surface area contributed by atoms with Gasteiger partial charge in [0.15, 0.2) is 18.9 Å². The smallest absolute Gasteiger partial charge is 0.310 e. The second kappa shape index (κ2) is 18.2. The number of hydrogen-bond acceptors (Lipinski definition) is 19. The van der Waals surface area contributed by atoms with Gasteiger partial charge in [0.2, 0.25) is 0 Å². The summed E-state index contributed by atoms with van der Waals surface area (Å²) >= 11 is 0. The summed E-state index contributed by atoms with van der Waals surface area (Å²) in [7, 11) is 0. The summed E-state index contributed by atoms with van der Waals surface area (Å²) in [5, 5.41) is 140. The molecule has 0 aromatic heterocycles. The average molecular weight is 961 g/mol. The summed E-state index contributed by atoms with van der Waals surface area (Å²) in [5.74, 6) is -1.58. The van der Waals surface area contributed by atoms with Crippen LogP contribution >= 0.6 is 0 Å². The molecule has 0 bridgehead atoms. The molecule has 4 saturated carbocycles. The second-order valence-electron chi connectivity index (χ2n) is 23.1. The van der Waals surface area contributed by atoms with E-state index in [2.05, 4.69) is 26.8 Å². The van der Waals surface area contributed by atoms with Crippen LogP contribution in [0.25, 0.3) is 0 Å². The Hall–Kier alpha value is -1.51. The van der Waals surface area contributed by atoms with E-state index in [1.165, 1.54) is 0 Å². The van der Waals surface area contributed by atoms with Crippen LogP contribution in [-0.4, -0.2) is 203 Å². The van der Waals surface area contributed by atoms with E-state index in [1.807, 2.05) is 20.8 Å². The van der Waals surface area contributed by atoms with E-state index >= 15 is 0 Å². The molecule has 67 heavy (non-hydrogen) atoms. The van der Waals surface area contributed by atoms with Crippen LogP contribution in [0, 0.1) is 50.2 Å². The minimum absolute atomic E-state index is 0.00203. The lowest BCUT2D eigenvalue weighted by Crippen LogP contribution is -2.69. The third-order valence-electron chi connectivity index (χ3n) is 19.3. The van der Waals surface area contributed by atoms with Crippen LogP contribution in [0.2, 0.25) is 0 Å². The number of carboxylic acids is 1. The highest BCUT2D eigenvalue weighted by Gasteiger charge is 2.72. The van der Waals surface area contributed by atoms with Crippen molar-refractivity contribution in [2.75, 3.05) is 26.4 Å². The molecule has 3 heterocycles. The normalized spacial score (nSPS) is 55.3. The molecule has 20 nitrogen and oxygen atoms in total. The summed E-state index contributed by atoms with van der Waals surface area (Å²) in [6.45, 7) is 10.4. The molecule has 13 N–H and O–H groups in total. The Balaban J connectivity index is 1.07. The van der Waals surface area contributed by atoms with Gasteiger partial charge in [-0.3, -0.25) is 4.79 Å². The molecule has 0 spiro atoms. The van der Waals surface area contributed by atoms with Gasteiger partial charge in [-0.1, -0.05) is 53.2 Å². The Morgan fingerprint density at radius 1 is 0.672 bits per heavy atom. The lowest BCUT2D eigenvalue weighted by atomic mass is 9.33. The van der Waals surface area contributed by atoms with Crippen LogP contribution in [0.3, 0.4) is 0 Å². The molecule has 20 heteroatoms. The molecule has 0 aromatic rings. The number of fused-ring (bicyclic) bond motifs is 7. The molecular weight excluding hydrogens is 884 g/mol. The van der Waals surface area contributed by atoms with E-state index in [4.69, 9.17) is 28.4 Å². The summed E-state index contributed by atoms with van der Waals surface area (Å²) in [5.41, 5.74) is -3.39. The lowest BCUT2D eigenvalue weighted by molar-refractivity contribution is -0.377. The van der Waals surface area contributed by atoms with E-state index < -0.39 is 157 Å². The Kier molecular flexibility index (Phi) is 14.1. The molecule has 0 aromatic carbocycles. The molecule has 8 aliphatic rings. The molecule has 0 radical (unpaired) electrons. The van der Waals surface area contributed by atoms with Crippen LogP contribution in [0.4, 0.5) is 0 Å². The molecule has 3 aliphatic heterocycles.